The van der Waals surface area contributed by atoms with Crippen LogP contribution in [0.3, 0.4) is 0 Å². The van der Waals surface area contributed by atoms with Gasteiger partial charge < -0.3 is 19.4 Å². The molecule has 0 bridgehead atoms. The second-order valence-electron chi connectivity index (χ2n) is 6.46. The van der Waals surface area contributed by atoms with Crippen LogP contribution in [0.4, 0.5) is 11.4 Å². The fourth-order valence-corrected chi connectivity index (χ4v) is 3.49. The van der Waals surface area contributed by atoms with Gasteiger partial charge in [-0.05, 0) is 29.8 Å². The minimum Gasteiger partial charge on any atom is -0.497 e. The number of thioether (sulfide) groups is 1. The van der Waals surface area contributed by atoms with E-state index < -0.39 is 10.8 Å². The lowest BCUT2D eigenvalue weighted by molar-refractivity contribution is -0.384. The number of amides is 1. The van der Waals surface area contributed by atoms with Crippen LogP contribution in [0.5, 0.6) is 11.5 Å². The van der Waals surface area contributed by atoms with Crippen molar-refractivity contribution in [1.82, 2.24) is 14.8 Å². The molecule has 0 unspecified atom stereocenters. The largest absolute Gasteiger partial charge is 0.497 e. The summed E-state index contributed by atoms with van der Waals surface area (Å²) < 4.78 is 12.0. The van der Waals surface area contributed by atoms with Crippen LogP contribution in [-0.4, -0.2) is 45.6 Å². The van der Waals surface area contributed by atoms with E-state index in [-0.39, 0.29) is 17.1 Å². The Kier molecular flexibility index (Phi) is 7.08. The molecule has 0 aliphatic rings. The van der Waals surface area contributed by atoms with Crippen LogP contribution in [0.2, 0.25) is 0 Å². The standard InChI is InChI=1S/C20H21N5O5S/c1-24-18(10-13-4-6-14(29-2)7-5-13)22-23-20(24)31-12-19(26)21-16-9-8-15(30-3)11-17(16)25(27)28/h4-9,11H,10,12H2,1-3H3,(H,21,26). The summed E-state index contributed by atoms with van der Waals surface area (Å²) in [5.74, 6) is 1.50. The third-order valence-corrected chi connectivity index (χ3v) is 5.47. The van der Waals surface area contributed by atoms with Gasteiger partial charge in [0, 0.05) is 13.5 Å². The molecular weight excluding hydrogens is 422 g/mol. The first kappa shape index (κ1) is 22.1. The predicted octanol–water partition coefficient (Wildman–Crippen LogP) is 3.06. The van der Waals surface area contributed by atoms with Crippen molar-refractivity contribution < 1.29 is 19.2 Å². The number of aromatic nitrogens is 3. The molecule has 162 valence electrons. The van der Waals surface area contributed by atoms with Gasteiger partial charge in [0.2, 0.25) is 5.91 Å². The molecule has 0 fully saturated rings. The van der Waals surface area contributed by atoms with Crippen molar-refractivity contribution in [2.75, 3.05) is 25.3 Å². The Morgan fingerprint density at radius 3 is 2.45 bits per heavy atom. The van der Waals surface area contributed by atoms with Crippen molar-refractivity contribution >= 4 is 29.0 Å². The lowest BCUT2D eigenvalue weighted by Gasteiger charge is -2.08. The number of carbonyl (C=O) groups excluding carboxylic acids is 1. The Bertz CT molecular complexity index is 1080. The molecular formula is C20H21N5O5S. The summed E-state index contributed by atoms with van der Waals surface area (Å²) in [4.78, 5) is 23.0. The number of nitro benzene ring substituents is 1. The van der Waals surface area contributed by atoms with E-state index in [0.717, 1.165) is 17.1 Å². The number of nitrogens with zero attached hydrogens (tertiary/aromatic N) is 4. The molecule has 31 heavy (non-hydrogen) atoms. The van der Waals surface area contributed by atoms with E-state index in [1.165, 1.54) is 31.0 Å². The highest BCUT2D eigenvalue weighted by atomic mass is 32.2. The zero-order valence-corrected chi connectivity index (χ0v) is 18.0. The molecule has 3 aromatic rings. The third kappa shape index (κ3) is 5.51. The Hall–Kier alpha value is -3.60. The number of nitro groups is 1. The zero-order chi connectivity index (χ0) is 22.4. The monoisotopic (exact) mass is 443 g/mol. The van der Waals surface area contributed by atoms with Crippen molar-refractivity contribution in [1.29, 1.82) is 0 Å². The van der Waals surface area contributed by atoms with Crippen molar-refractivity contribution in [2.24, 2.45) is 7.05 Å². The molecule has 0 spiro atoms. The smallest absolute Gasteiger partial charge is 0.296 e. The Balaban J connectivity index is 1.61. The van der Waals surface area contributed by atoms with Gasteiger partial charge in [-0.15, -0.1) is 10.2 Å². The molecule has 0 saturated carbocycles. The lowest BCUT2D eigenvalue weighted by Crippen LogP contribution is -2.15. The summed E-state index contributed by atoms with van der Waals surface area (Å²) in [6, 6.07) is 11.9. The topological polar surface area (TPSA) is 121 Å². The van der Waals surface area contributed by atoms with Crippen LogP contribution < -0.4 is 14.8 Å². The van der Waals surface area contributed by atoms with Gasteiger partial charge in [0.15, 0.2) is 5.16 Å². The van der Waals surface area contributed by atoms with Crippen LogP contribution in [0.25, 0.3) is 0 Å². The molecule has 1 amide bonds. The molecule has 0 radical (unpaired) electrons. The number of rotatable bonds is 9. The highest BCUT2D eigenvalue weighted by Crippen LogP contribution is 2.29. The SMILES string of the molecule is COc1ccc(Cc2nnc(SCC(=O)Nc3ccc(OC)cc3[N+](=O)[O-])n2C)cc1. The molecule has 1 N–H and O–H groups in total. The fraction of sp³-hybridized carbons (Fsp3) is 0.250. The number of hydrogen-bond acceptors (Lipinski definition) is 8. The van der Waals surface area contributed by atoms with Gasteiger partial charge in [-0.25, -0.2) is 0 Å². The summed E-state index contributed by atoms with van der Waals surface area (Å²) in [5.41, 5.74) is 0.921. The number of ether oxygens (including phenoxy) is 2. The first-order valence-corrected chi connectivity index (χ1v) is 10.2. The number of carbonyl (C=O) groups is 1. The number of methoxy groups -OCH3 is 2. The summed E-state index contributed by atoms with van der Waals surface area (Å²) in [5, 5.41) is 22.7. The Morgan fingerprint density at radius 2 is 1.81 bits per heavy atom. The average molecular weight is 443 g/mol. The molecule has 10 nitrogen and oxygen atoms in total. The molecule has 3 rings (SSSR count). The number of anilines is 1. The molecule has 0 atom stereocenters. The number of hydrogen-bond donors (Lipinski definition) is 1. The van der Waals surface area contributed by atoms with Crippen LogP contribution in [0, 0.1) is 10.1 Å². The maximum Gasteiger partial charge on any atom is 0.296 e. The molecule has 1 aromatic heterocycles. The lowest BCUT2D eigenvalue weighted by atomic mass is 10.1. The molecule has 0 aliphatic carbocycles. The highest BCUT2D eigenvalue weighted by molar-refractivity contribution is 7.99. The molecule has 1 heterocycles. The molecule has 0 aliphatic heterocycles. The average Bonchev–Trinajstić information content (AvgIpc) is 3.12. The van der Waals surface area contributed by atoms with Crippen molar-refractivity contribution in [2.45, 2.75) is 11.6 Å². The summed E-state index contributed by atoms with van der Waals surface area (Å²) >= 11 is 1.20. The number of nitrogens with one attached hydrogen (secondary N) is 1. The molecule has 0 saturated heterocycles. The predicted molar refractivity (Wildman–Crippen MR) is 116 cm³/mol. The van der Waals surface area contributed by atoms with Gasteiger partial charge in [0.05, 0.1) is 31.0 Å². The minimum absolute atomic E-state index is 0.0255. The van der Waals surface area contributed by atoms with E-state index in [9.17, 15) is 14.9 Å². The first-order chi connectivity index (χ1) is 14.9. The normalized spacial score (nSPS) is 10.5. The maximum absolute atomic E-state index is 12.3. The van der Waals surface area contributed by atoms with Gasteiger partial charge in [0.25, 0.3) is 5.69 Å². The minimum atomic E-state index is -0.570. The Morgan fingerprint density at radius 1 is 1.13 bits per heavy atom. The van der Waals surface area contributed by atoms with Crippen LogP contribution >= 0.6 is 11.8 Å². The Labute approximate surface area is 182 Å². The van der Waals surface area contributed by atoms with Gasteiger partial charge in [-0.3, -0.25) is 14.9 Å². The van der Waals surface area contributed by atoms with Crippen LogP contribution in [0.1, 0.15) is 11.4 Å². The molecule has 11 heteroatoms. The number of benzene rings is 2. The van der Waals surface area contributed by atoms with E-state index in [1.807, 2.05) is 35.9 Å². The second kappa shape index (κ2) is 9.94. The van der Waals surface area contributed by atoms with E-state index in [0.29, 0.717) is 17.3 Å². The van der Waals surface area contributed by atoms with Gasteiger partial charge in [-0.2, -0.15) is 0 Å². The van der Waals surface area contributed by atoms with E-state index in [1.54, 1.807) is 13.2 Å². The van der Waals surface area contributed by atoms with Gasteiger partial charge in [-0.1, -0.05) is 23.9 Å². The summed E-state index contributed by atoms with van der Waals surface area (Å²) in [7, 11) is 4.86. The molecule has 2 aromatic carbocycles. The highest BCUT2D eigenvalue weighted by Gasteiger charge is 2.18. The van der Waals surface area contributed by atoms with Crippen LogP contribution in [0.15, 0.2) is 47.6 Å². The van der Waals surface area contributed by atoms with E-state index in [2.05, 4.69) is 15.5 Å². The third-order valence-electron chi connectivity index (χ3n) is 4.45. The quantitative estimate of drug-likeness (QED) is 0.304. The fourth-order valence-electron chi connectivity index (χ4n) is 2.76. The van der Waals surface area contributed by atoms with E-state index in [4.69, 9.17) is 9.47 Å². The van der Waals surface area contributed by atoms with Crippen molar-refractivity contribution in [3.8, 4) is 11.5 Å². The van der Waals surface area contributed by atoms with E-state index >= 15 is 0 Å². The summed E-state index contributed by atoms with van der Waals surface area (Å²) in [6.07, 6.45) is 0.582. The zero-order valence-electron chi connectivity index (χ0n) is 17.2. The first-order valence-electron chi connectivity index (χ1n) is 9.17. The van der Waals surface area contributed by atoms with Gasteiger partial charge >= 0.3 is 0 Å². The van der Waals surface area contributed by atoms with Crippen molar-refractivity contribution in [3.05, 3.63) is 64.0 Å². The maximum atomic E-state index is 12.3. The second-order valence-corrected chi connectivity index (χ2v) is 7.40. The van der Waals surface area contributed by atoms with Gasteiger partial charge in [0.1, 0.15) is 23.0 Å². The summed E-state index contributed by atoms with van der Waals surface area (Å²) in [6.45, 7) is 0. The van der Waals surface area contributed by atoms with Crippen molar-refractivity contribution in [3.63, 3.8) is 0 Å². The van der Waals surface area contributed by atoms with Crippen LogP contribution in [-0.2, 0) is 18.3 Å².